The fourth-order valence-electron chi connectivity index (χ4n) is 3.75. The van der Waals surface area contributed by atoms with Gasteiger partial charge in [0.15, 0.2) is 6.61 Å². The minimum atomic E-state index is -4.56. The molecule has 0 spiro atoms. The maximum absolute atomic E-state index is 12.9. The van der Waals surface area contributed by atoms with Crippen LogP contribution in [0.4, 0.5) is 18.9 Å². The summed E-state index contributed by atoms with van der Waals surface area (Å²) >= 11 is 5.92. The number of fused-ring (bicyclic) bond motifs is 3. The number of hydrogen-bond acceptors (Lipinski definition) is 4. The zero-order valence-electron chi connectivity index (χ0n) is 16.4. The van der Waals surface area contributed by atoms with Crippen molar-refractivity contribution in [2.45, 2.75) is 32.4 Å². The van der Waals surface area contributed by atoms with Crippen LogP contribution in [0, 0.1) is 6.92 Å². The lowest BCUT2D eigenvalue weighted by Crippen LogP contribution is -2.21. The Morgan fingerprint density at radius 2 is 1.94 bits per heavy atom. The Morgan fingerprint density at radius 1 is 1.19 bits per heavy atom. The van der Waals surface area contributed by atoms with Crippen LogP contribution in [-0.4, -0.2) is 12.5 Å². The van der Waals surface area contributed by atoms with E-state index in [1.165, 1.54) is 0 Å². The van der Waals surface area contributed by atoms with Crippen molar-refractivity contribution in [2.75, 3.05) is 11.9 Å². The summed E-state index contributed by atoms with van der Waals surface area (Å²) in [7, 11) is 0. The van der Waals surface area contributed by atoms with E-state index < -0.39 is 24.3 Å². The van der Waals surface area contributed by atoms with Crippen LogP contribution in [0.3, 0.4) is 0 Å². The summed E-state index contributed by atoms with van der Waals surface area (Å²) in [5.41, 5.74) is 1.15. The number of halogens is 4. The summed E-state index contributed by atoms with van der Waals surface area (Å²) in [5.74, 6) is -0.299. The van der Waals surface area contributed by atoms with E-state index >= 15 is 0 Å². The van der Waals surface area contributed by atoms with E-state index in [-0.39, 0.29) is 16.3 Å². The van der Waals surface area contributed by atoms with Crippen LogP contribution in [0.5, 0.6) is 5.75 Å². The Balaban J connectivity index is 1.58. The largest absolute Gasteiger partial charge is 0.483 e. The maximum Gasteiger partial charge on any atom is 0.416 e. The highest BCUT2D eigenvalue weighted by Gasteiger charge is 2.31. The molecule has 1 aliphatic carbocycles. The lowest BCUT2D eigenvalue weighted by Gasteiger charge is -2.14. The third kappa shape index (κ3) is 4.25. The van der Waals surface area contributed by atoms with Crippen LogP contribution in [0.25, 0.3) is 11.0 Å². The average Bonchev–Trinajstić information content (AvgIpc) is 3.17. The van der Waals surface area contributed by atoms with Crippen molar-refractivity contribution in [3.05, 3.63) is 68.0 Å². The number of alkyl halides is 3. The molecule has 0 aliphatic heterocycles. The average molecular weight is 452 g/mol. The molecule has 0 unspecified atom stereocenters. The number of amides is 1. The Labute approximate surface area is 179 Å². The molecule has 0 fully saturated rings. The van der Waals surface area contributed by atoms with E-state index in [1.807, 2.05) is 0 Å². The molecule has 0 saturated heterocycles. The summed E-state index contributed by atoms with van der Waals surface area (Å²) in [6, 6.07) is 6.13. The van der Waals surface area contributed by atoms with Gasteiger partial charge in [-0.05, 0) is 67.6 Å². The normalized spacial score (nSPS) is 13.3. The van der Waals surface area contributed by atoms with Crippen molar-refractivity contribution in [3.63, 3.8) is 0 Å². The third-order valence-electron chi connectivity index (χ3n) is 5.11. The van der Waals surface area contributed by atoms with Crippen molar-refractivity contribution >= 4 is 34.2 Å². The van der Waals surface area contributed by atoms with Gasteiger partial charge in [-0.25, -0.2) is 4.79 Å². The second kappa shape index (κ2) is 7.92. The molecule has 4 rings (SSSR count). The first-order valence-electron chi connectivity index (χ1n) is 9.52. The lowest BCUT2D eigenvalue weighted by molar-refractivity contribution is -0.137. The van der Waals surface area contributed by atoms with Gasteiger partial charge in [0, 0.05) is 5.56 Å². The predicted octanol–water partition coefficient (Wildman–Crippen LogP) is 5.28. The molecule has 1 amide bonds. The van der Waals surface area contributed by atoms with Crippen LogP contribution >= 0.6 is 11.6 Å². The second-order valence-electron chi connectivity index (χ2n) is 7.37. The van der Waals surface area contributed by atoms with Crippen molar-refractivity contribution in [2.24, 2.45) is 0 Å². The van der Waals surface area contributed by atoms with Gasteiger partial charge in [-0.3, -0.25) is 4.79 Å². The smallest absolute Gasteiger partial charge is 0.416 e. The molecule has 1 N–H and O–H groups in total. The summed E-state index contributed by atoms with van der Waals surface area (Å²) in [4.78, 5) is 24.5. The second-order valence-corrected chi connectivity index (χ2v) is 7.77. The summed E-state index contributed by atoms with van der Waals surface area (Å²) < 4.78 is 49.9. The summed E-state index contributed by atoms with van der Waals surface area (Å²) in [5, 5.41) is 2.96. The molecule has 2 aromatic carbocycles. The molecule has 1 aromatic heterocycles. The number of rotatable bonds is 4. The van der Waals surface area contributed by atoms with Crippen molar-refractivity contribution in [3.8, 4) is 5.75 Å². The molecule has 3 aromatic rings. The number of carbonyl (C=O) groups is 1. The minimum Gasteiger partial charge on any atom is -0.483 e. The van der Waals surface area contributed by atoms with Crippen LogP contribution < -0.4 is 15.7 Å². The highest BCUT2D eigenvalue weighted by Crippen LogP contribution is 2.36. The van der Waals surface area contributed by atoms with Crippen molar-refractivity contribution in [1.82, 2.24) is 0 Å². The van der Waals surface area contributed by atoms with Crippen LogP contribution in [-0.2, 0) is 23.8 Å². The van der Waals surface area contributed by atoms with E-state index in [1.54, 1.807) is 19.1 Å². The molecule has 162 valence electrons. The molecule has 0 radical (unpaired) electrons. The molecular weight excluding hydrogens is 435 g/mol. The zero-order chi connectivity index (χ0) is 22.3. The number of hydrogen-bond donors (Lipinski definition) is 1. The van der Waals surface area contributed by atoms with Gasteiger partial charge < -0.3 is 14.5 Å². The highest BCUT2D eigenvalue weighted by atomic mass is 35.5. The van der Waals surface area contributed by atoms with Gasteiger partial charge >= 0.3 is 11.8 Å². The van der Waals surface area contributed by atoms with Crippen LogP contribution in [0.15, 0.2) is 39.5 Å². The number of ether oxygens (including phenoxy) is 1. The first-order chi connectivity index (χ1) is 14.6. The van der Waals surface area contributed by atoms with E-state index in [0.717, 1.165) is 35.7 Å². The highest BCUT2D eigenvalue weighted by molar-refractivity contribution is 6.33. The molecule has 9 heteroatoms. The molecule has 1 aliphatic rings. The number of aryl methyl sites for hydroxylation is 2. The Kier molecular flexibility index (Phi) is 5.43. The van der Waals surface area contributed by atoms with E-state index in [2.05, 4.69) is 5.32 Å². The number of benzene rings is 2. The molecule has 0 bridgehead atoms. The first kappa shape index (κ1) is 21.2. The Bertz CT molecular complexity index is 1250. The number of anilines is 1. The topological polar surface area (TPSA) is 68.5 Å². The Hall–Kier alpha value is -3.00. The predicted molar refractivity (Wildman–Crippen MR) is 110 cm³/mol. The van der Waals surface area contributed by atoms with E-state index in [9.17, 15) is 22.8 Å². The fourth-order valence-corrected chi connectivity index (χ4v) is 3.91. The van der Waals surface area contributed by atoms with Gasteiger partial charge in [0.1, 0.15) is 11.3 Å². The minimum absolute atomic E-state index is 0.0260. The van der Waals surface area contributed by atoms with Gasteiger partial charge in [-0.15, -0.1) is 0 Å². The van der Waals surface area contributed by atoms with Crippen molar-refractivity contribution in [1.29, 1.82) is 0 Å². The number of carbonyl (C=O) groups excluding carboxylic acids is 1. The first-order valence-corrected chi connectivity index (χ1v) is 9.90. The van der Waals surface area contributed by atoms with Gasteiger partial charge in [-0.1, -0.05) is 11.6 Å². The van der Waals surface area contributed by atoms with Gasteiger partial charge in [-0.2, -0.15) is 13.2 Å². The molecule has 0 saturated carbocycles. The monoisotopic (exact) mass is 451 g/mol. The zero-order valence-corrected chi connectivity index (χ0v) is 17.1. The van der Waals surface area contributed by atoms with E-state index in [4.69, 9.17) is 20.8 Å². The third-order valence-corrected chi connectivity index (χ3v) is 5.44. The van der Waals surface area contributed by atoms with Gasteiger partial charge in [0.05, 0.1) is 21.7 Å². The van der Waals surface area contributed by atoms with Gasteiger partial charge in [0.2, 0.25) is 0 Å². The SMILES string of the molecule is Cc1cc(OCC(=O)Nc2cc(C(F)(F)F)ccc2Cl)c2c3c(c(=O)oc2c1)CCC3. The van der Waals surface area contributed by atoms with E-state index in [0.29, 0.717) is 35.1 Å². The lowest BCUT2D eigenvalue weighted by atomic mass is 10.0. The summed E-state index contributed by atoms with van der Waals surface area (Å²) in [6.07, 6.45) is -2.43. The van der Waals surface area contributed by atoms with Crippen LogP contribution in [0.2, 0.25) is 5.02 Å². The molecule has 1 heterocycles. The quantitative estimate of drug-likeness (QED) is 0.548. The molecular formula is C22H17ClF3NO4. The Morgan fingerprint density at radius 3 is 2.68 bits per heavy atom. The van der Waals surface area contributed by atoms with Gasteiger partial charge in [0.25, 0.3) is 5.91 Å². The molecule has 5 nitrogen and oxygen atoms in total. The van der Waals surface area contributed by atoms with Crippen molar-refractivity contribution < 1.29 is 27.1 Å². The number of nitrogens with one attached hydrogen (secondary N) is 1. The molecule has 0 atom stereocenters. The fraction of sp³-hybridized carbons (Fsp3) is 0.273. The maximum atomic E-state index is 12.9. The summed E-state index contributed by atoms with van der Waals surface area (Å²) in [6.45, 7) is 1.33. The standard InChI is InChI=1S/C22H17ClF3NO4/c1-11-7-17(20-13-3-2-4-14(13)21(29)31-18(20)8-11)30-10-19(28)27-16-9-12(22(24,25)26)5-6-15(16)23/h5-9H,2-4,10H2,1H3,(H,27,28). The van der Waals surface area contributed by atoms with Crippen LogP contribution in [0.1, 0.15) is 28.7 Å². The molecule has 31 heavy (non-hydrogen) atoms.